The molecule has 1 atom stereocenters. The van der Waals surface area contributed by atoms with E-state index in [0.29, 0.717) is 23.0 Å². The molecule has 1 aliphatic carbocycles. The van der Waals surface area contributed by atoms with Crippen molar-refractivity contribution >= 4 is 17.1 Å². The Labute approximate surface area is 169 Å². The van der Waals surface area contributed by atoms with Crippen LogP contribution in [0.5, 0.6) is 5.75 Å². The molecule has 148 valence electrons. The molecule has 5 rings (SSSR count). The quantitative estimate of drug-likeness (QED) is 0.539. The van der Waals surface area contributed by atoms with Crippen molar-refractivity contribution in [2.45, 2.75) is 24.9 Å². The van der Waals surface area contributed by atoms with E-state index >= 15 is 0 Å². The zero-order valence-corrected chi connectivity index (χ0v) is 16.1. The maximum absolute atomic E-state index is 14.2. The highest BCUT2D eigenvalue weighted by Gasteiger charge is 2.32. The van der Waals surface area contributed by atoms with E-state index in [-0.39, 0.29) is 10.8 Å². The van der Waals surface area contributed by atoms with E-state index in [0.717, 1.165) is 24.1 Å². The molecule has 3 aromatic heterocycles. The number of ether oxygens (including phenoxy) is 1. The zero-order chi connectivity index (χ0) is 20.1. The molecule has 0 radical (unpaired) electrons. The third-order valence-electron chi connectivity index (χ3n) is 4.99. The number of aromatic nitrogens is 6. The number of aliphatic hydroxyl groups excluding tert-OH is 1. The Morgan fingerprint density at radius 2 is 2.14 bits per heavy atom. The van der Waals surface area contributed by atoms with Crippen molar-refractivity contribution in [3.8, 4) is 11.4 Å². The number of hydrogen-bond acceptors (Lipinski definition) is 6. The van der Waals surface area contributed by atoms with E-state index in [1.807, 2.05) is 4.40 Å². The van der Waals surface area contributed by atoms with Gasteiger partial charge in [0, 0.05) is 12.0 Å². The normalized spacial score (nSPS) is 15.0. The minimum absolute atomic E-state index is 0.0391. The molecule has 1 saturated carbocycles. The third kappa shape index (κ3) is 3.02. The van der Waals surface area contributed by atoms with Gasteiger partial charge in [-0.05, 0) is 18.9 Å². The minimum atomic E-state index is -1.07. The fourth-order valence-corrected chi connectivity index (χ4v) is 3.69. The Bertz CT molecular complexity index is 1200. The van der Waals surface area contributed by atoms with Gasteiger partial charge in [0.25, 0.3) is 0 Å². The molecule has 4 aromatic rings. The summed E-state index contributed by atoms with van der Waals surface area (Å²) in [6.45, 7) is 0. The van der Waals surface area contributed by atoms with Crippen molar-refractivity contribution in [2.75, 3.05) is 7.11 Å². The molecule has 0 unspecified atom stereocenters. The van der Waals surface area contributed by atoms with Gasteiger partial charge < -0.3 is 9.84 Å². The summed E-state index contributed by atoms with van der Waals surface area (Å²) in [6.07, 6.45) is 7.60. The summed E-state index contributed by atoms with van der Waals surface area (Å²) in [6, 6.07) is 2.76. The van der Waals surface area contributed by atoms with Crippen molar-refractivity contribution in [3.05, 3.63) is 65.0 Å². The number of fused-ring (bicyclic) bond motifs is 1. The fraction of sp³-hybridized carbons (Fsp3) is 0.263. The Hall–Kier alpha value is -3.04. The van der Waals surface area contributed by atoms with E-state index in [1.165, 1.54) is 30.1 Å². The summed E-state index contributed by atoms with van der Waals surface area (Å²) in [5, 5.41) is 19.3. The molecule has 29 heavy (non-hydrogen) atoms. The fourth-order valence-electron chi connectivity index (χ4n) is 3.41. The van der Waals surface area contributed by atoms with Gasteiger partial charge in [0.05, 0.1) is 59.6 Å². The average molecular weight is 415 g/mol. The lowest BCUT2D eigenvalue weighted by Crippen LogP contribution is -2.11. The first-order chi connectivity index (χ1) is 14.1. The van der Waals surface area contributed by atoms with Gasteiger partial charge in [-0.25, -0.2) is 14.1 Å². The molecule has 0 spiro atoms. The Kier molecular flexibility index (Phi) is 4.21. The smallest absolute Gasteiger partial charge is 0.173 e. The van der Waals surface area contributed by atoms with Crippen LogP contribution in [0.25, 0.3) is 11.2 Å². The average Bonchev–Trinajstić information content (AvgIpc) is 3.24. The van der Waals surface area contributed by atoms with Crippen LogP contribution in [0.15, 0.2) is 37.1 Å². The van der Waals surface area contributed by atoms with Crippen LogP contribution in [0, 0.1) is 5.82 Å². The molecule has 0 aliphatic heterocycles. The second-order valence-electron chi connectivity index (χ2n) is 6.92. The first kappa shape index (κ1) is 18.0. The number of methoxy groups -OCH3 is 1. The number of nitrogens with zero attached hydrogens (tertiary/aromatic N) is 6. The summed E-state index contributed by atoms with van der Waals surface area (Å²) in [5.74, 6) is -0.338. The monoisotopic (exact) mass is 414 g/mol. The highest BCUT2D eigenvalue weighted by atomic mass is 35.5. The van der Waals surface area contributed by atoms with Crippen molar-refractivity contribution in [2.24, 2.45) is 0 Å². The van der Waals surface area contributed by atoms with Crippen molar-refractivity contribution in [3.63, 3.8) is 0 Å². The predicted octanol–water partition coefficient (Wildman–Crippen LogP) is 3.07. The van der Waals surface area contributed by atoms with Crippen LogP contribution < -0.4 is 4.74 Å². The number of imidazole rings is 1. The first-order valence-corrected chi connectivity index (χ1v) is 9.39. The molecular formula is C19H16ClFN6O2. The molecule has 8 nitrogen and oxygen atoms in total. The molecule has 1 aliphatic rings. The molecule has 3 heterocycles. The summed E-state index contributed by atoms with van der Waals surface area (Å²) >= 11 is 6.07. The van der Waals surface area contributed by atoms with Gasteiger partial charge in [-0.2, -0.15) is 0 Å². The maximum Gasteiger partial charge on any atom is 0.173 e. The number of rotatable bonds is 5. The van der Waals surface area contributed by atoms with Crippen LogP contribution in [-0.2, 0) is 0 Å². The third-order valence-corrected chi connectivity index (χ3v) is 5.27. The lowest BCUT2D eigenvalue weighted by atomic mass is 10.1. The van der Waals surface area contributed by atoms with Crippen molar-refractivity contribution in [1.82, 2.24) is 29.4 Å². The second kappa shape index (κ2) is 6.78. The van der Waals surface area contributed by atoms with Gasteiger partial charge in [0.2, 0.25) is 0 Å². The van der Waals surface area contributed by atoms with Crippen molar-refractivity contribution < 1.29 is 14.2 Å². The van der Waals surface area contributed by atoms with E-state index in [9.17, 15) is 9.50 Å². The summed E-state index contributed by atoms with van der Waals surface area (Å²) < 4.78 is 22.3. The van der Waals surface area contributed by atoms with Gasteiger partial charge in [-0.1, -0.05) is 16.8 Å². The molecule has 0 bridgehead atoms. The van der Waals surface area contributed by atoms with E-state index in [4.69, 9.17) is 16.3 Å². The van der Waals surface area contributed by atoms with Crippen LogP contribution in [-0.4, -0.2) is 41.6 Å². The number of aliphatic hydroxyl groups is 1. The summed E-state index contributed by atoms with van der Waals surface area (Å²) in [5.41, 5.74) is 2.90. The predicted molar refractivity (Wildman–Crippen MR) is 102 cm³/mol. The topological polar surface area (TPSA) is 90.4 Å². The van der Waals surface area contributed by atoms with Crippen LogP contribution in [0.1, 0.15) is 41.9 Å². The standard InChI is InChI=1S/C19H16ClFN6O2/c1-29-19-13(20)4-11(5-14(19)21)27-8-15(24-25-27)18(28)17-16(10-2-3-10)23-7-12-6-22-9-26(12)17/h4-10,18,28H,2-3H2,1H3/t18-/m0/s1. The summed E-state index contributed by atoms with van der Waals surface area (Å²) in [4.78, 5) is 8.69. The highest BCUT2D eigenvalue weighted by Crippen LogP contribution is 2.42. The highest BCUT2D eigenvalue weighted by molar-refractivity contribution is 6.32. The Morgan fingerprint density at radius 3 is 2.86 bits per heavy atom. The second-order valence-corrected chi connectivity index (χ2v) is 7.33. The lowest BCUT2D eigenvalue weighted by Gasteiger charge is -2.15. The van der Waals surface area contributed by atoms with E-state index in [1.54, 1.807) is 18.7 Å². The first-order valence-electron chi connectivity index (χ1n) is 9.01. The molecule has 1 fully saturated rings. The Balaban J connectivity index is 1.56. The zero-order valence-electron chi connectivity index (χ0n) is 15.3. The van der Waals surface area contributed by atoms with E-state index < -0.39 is 11.9 Å². The largest absolute Gasteiger partial charge is 0.492 e. The molecule has 1 N–H and O–H groups in total. The van der Waals surface area contributed by atoms with Gasteiger partial charge in [0.15, 0.2) is 11.6 Å². The minimum Gasteiger partial charge on any atom is -0.492 e. The maximum atomic E-state index is 14.2. The van der Waals surface area contributed by atoms with Crippen LogP contribution in [0.4, 0.5) is 4.39 Å². The number of halogens is 2. The van der Waals surface area contributed by atoms with Gasteiger partial charge in [-0.3, -0.25) is 9.38 Å². The van der Waals surface area contributed by atoms with Crippen LogP contribution in [0.2, 0.25) is 5.02 Å². The molecular weight excluding hydrogens is 399 g/mol. The molecule has 1 aromatic carbocycles. The molecule has 0 saturated heterocycles. The Morgan fingerprint density at radius 1 is 1.31 bits per heavy atom. The van der Waals surface area contributed by atoms with Gasteiger partial charge in [-0.15, -0.1) is 5.10 Å². The van der Waals surface area contributed by atoms with Crippen LogP contribution in [0.3, 0.4) is 0 Å². The van der Waals surface area contributed by atoms with E-state index in [2.05, 4.69) is 20.3 Å². The van der Waals surface area contributed by atoms with Crippen molar-refractivity contribution in [1.29, 1.82) is 0 Å². The number of benzene rings is 1. The van der Waals surface area contributed by atoms with Crippen LogP contribution >= 0.6 is 11.6 Å². The summed E-state index contributed by atoms with van der Waals surface area (Å²) in [7, 11) is 1.34. The molecule has 0 amide bonds. The molecule has 10 heteroatoms. The van der Waals surface area contributed by atoms with Gasteiger partial charge in [0.1, 0.15) is 11.8 Å². The lowest BCUT2D eigenvalue weighted by molar-refractivity contribution is 0.206. The number of hydrogen-bond donors (Lipinski definition) is 1. The van der Waals surface area contributed by atoms with Gasteiger partial charge >= 0.3 is 0 Å². The SMILES string of the molecule is COc1c(F)cc(-n2cc([C@H](O)c3c(C4CC4)ncc4cncn34)nn2)cc1Cl.